The average molecular weight is 294 g/mol. The molecule has 2 N–H and O–H groups in total. The van der Waals surface area contributed by atoms with Crippen molar-refractivity contribution >= 4 is 5.69 Å². The fourth-order valence-electron chi connectivity index (χ4n) is 2.43. The highest BCUT2D eigenvalue weighted by Crippen LogP contribution is 2.22. The van der Waals surface area contributed by atoms with E-state index in [-0.39, 0.29) is 11.9 Å². The lowest BCUT2D eigenvalue weighted by Gasteiger charge is -2.25. The van der Waals surface area contributed by atoms with Crippen molar-refractivity contribution in [1.82, 2.24) is 0 Å². The van der Waals surface area contributed by atoms with Gasteiger partial charge in [-0.1, -0.05) is 39.7 Å². The molecule has 0 radical (unpaired) electrons. The summed E-state index contributed by atoms with van der Waals surface area (Å²) in [5.74, 6) is -0.108. The van der Waals surface area contributed by atoms with E-state index in [9.17, 15) is 4.39 Å². The average Bonchev–Trinajstić information content (AvgIpc) is 2.48. The number of hydrogen-bond donors (Lipinski definition) is 1. The van der Waals surface area contributed by atoms with Gasteiger partial charge >= 0.3 is 0 Å². The summed E-state index contributed by atoms with van der Waals surface area (Å²) in [7, 11) is 0. The van der Waals surface area contributed by atoms with E-state index in [0.29, 0.717) is 0 Å². The third-order valence-electron chi connectivity index (χ3n) is 3.94. The molecule has 2 nitrogen and oxygen atoms in total. The molecule has 0 aromatic heterocycles. The molecule has 0 heterocycles. The first-order valence-electron chi connectivity index (χ1n) is 8.41. The molecule has 1 rings (SSSR count). The van der Waals surface area contributed by atoms with Crippen molar-refractivity contribution in [2.45, 2.75) is 65.3 Å². The standard InChI is InChI=1S/C18H31FN2/c1-4-7-11-21(12-8-5-2)18-10-9-15(14-17(18)19)13-16(20)6-3/h9-10,14,16H,4-8,11-13,20H2,1-3H3. The second kappa shape index (κ2) is 9.78. The van der Waals surface area contributed by atoms with Gasteiger partial charge in [-0.25, -0.2) is 4.39 Å². The molecule has 1 aromatic rings. The Hall–Kier alpha value is -1.09. The van der Waals surface area contributed by atoms with Gasteiger partial charge < -0.3 is 10.6 Å². The van der Waals surface area contributed by atoms with E-state index in [1.807, 2.05) is 12.1 Å². The summed E-state index contributed by atoms with van der Waals surface area (Å²) in [5.41, 5.74) is 7.69. The number of unbranched alkanes of at least 4 members (excludes halogenated alkanes) is 2. The quantitative estimate of drug-likeness (QED) is 0.688. The minimum absolute atomic E-state index is 0.108. The SMILES string of the molecule is CCCCN(CCCC)c1ccc(CC(N)CC)cc1F. The third kappa shape index (κ3) is 6.04. The second-order valence-corrected chi connectivity index (χ2v) is 5.85. The summed E-state index contributed by atoms with van der Waals surface area (Å²) < 4.78 is 14.4. The van der Waals surface area contributed by atoms with Crippen LogP contribution in [0.15, 0.2) is 18.2 Å². The van der Waals surface area contributed by atoms with Crippen molar-refractivity contribution in [3.8, 4) is 0 Å². The summed E-state index contributed by atoms with van der Waals surface area (Å²) in [4.78, 5) is 2.19. The first kappa shape index (κ1) is 18.0. The molecule has 0 bridgehead atoms. The summed E-state index contributed by atoms with van der Waals surface area (Å²) in [5, 5.41) is 0. The van der Waals surface area contributed by atoms with Gasteiger partial charge in [0.2, 0.25) is 0 Å². The Kier molecular flexibility index (Phi) is 8.36. The van der Waals surface area contributed by atoms with Crippen molar-refractivity contribution in [2.24, 2.45) is 5.73 Å². The predicted octanol–water partition coefficient (Wildman–Crippen LogP) is 4.51. The van der Waals surface area contributed by atoms with Crippen molar-refractivity contribution in [3.63, 3.8) is 0 Å². The molecule has 0 spiro atoms. The summed E-state index contributed by atoms with van der Waals surface area (Å²) in [6.45, 7) is 8.27. The summed E-state index contributed by atoms with van der Waals surface area (Å²) >= 11 is 0. The van der Waals surface area contributed by atoms with Gasteiger partial charge in [-0.3, -0.25) is 0 Å². The molecule has 1 unspecified atom stereocenters. The van der Waals surface area contributed by atoms with Crippen molar-refractivity contribution in [1.29, 1.82) is 0 Å². The highest BCUT2D eigenvalue weighted by atomic mass is 19.1. The molecule has 3 heteroatoms. The lowest BCUT2D eigenvalue weighted by Crippen LogP contribution is -2.27. The van der Waals surface area contributed by atoms with E-state index >= 15 is 0 Å². The van der Waals surface area contributed by atoms with E-state index < -0.39 is 0 Å². The first-order valence-corrected chi connectivity index (χ1v) is 8.41. The molecule has 0 saturated carbocycles. The number of nitrogens with zero attached hydrogens (tertiary/aromatic N) is 1. The van der Waals surface area contributed by atoms with E-state index in [2.05, 4.69) is 25.7 Å². The molecule has 0 amide bonds. The molecular weight excluding hydrogens is 263 g/mol. The Labute approximate surface area is 129 Å². The monoisotopic (exact) mass is 294 g/mol. The lowest BCUT2D eigenvalue weighted by atomic mass is 10.0. The Morgan fingerprint density at radius 3 is 2.19 bits per heavy atom. The summed E-state index contributed by atoms with van der Waals surface area (Å²) in [6, 6.07) is 5.74. The van der Waals surface area contributed by atoms with E-state index in [0.717, 1.165) is 62.9 Å². The van der Waals surface area contributed by atoms with Crippen LogP contribution in [0, 0.1) is 5.82 Å². The molecule has 0 aliphatic heterocycles. The van der Waals surface area contributed by atoms with Crippen LogP contribution in [0.2, 0.25) is 0 Å². The van der Waals surface area contributed by atoms with Gasteiger partial charge in [-0.05, 0) is 43.4 Å². The molecule has 0 fully saturated rings. The largest absolute Gasteiger partial charge is 0.369 e. The Morgan fingerprint density at radius 2 is 1.71 bits per heavy atom. The molecule has 0 aliphatic carbocycles. The Bertz CT molecular complexity index is 398. The molecule has 1 atom stereocenters. The minimum atomic E-state index is -0.108. The number of anilines is 1. The topological polar surface area (TPSA) is 29.3 Å². The third-order valence-corrected chi connectivity index (χ3v) is 3.94. The van der Waals surface area contributed by atoms with Crippen molar-refractivity contribution in [3.05, 3.63) is 29.6 Å². The lowest BCUT2D eigenvalue weighted by molar-refractivity contribution is 0.597. The molecular formula is C18H31FN2. The van der Waals surface area contributed by atoms with E-state index in [1.54, 1.807) is 6.07 Å². The maximum absolute atomic E-state index is 14.4. The van der Waals surface area contributed by atoms with Crippen LogP contribution in [-0.2, 0) is 6.42 Å². The van der Waals surface area contributed by atoms with Gasteiger partial charge in [-0.2, -0.15) is 0 Å². The van der Waals surface area contributed by atoms with Crippen LogP contribution in [0.3, 0.4) is 0 Å². The van der Waals surface area contributed by atoms with Gasteiger partial charge in [0, 0.05) is 19.1 Å². The van der Waals surface area contributed by atoms with Gasteiger partial charge in [0.25, 0.3) is 0 Å². The predicted molar refractivity (Wildman–Crippen MR) is 90.4 cm³/mol. The highest BCUT2D eigenvalue weighted by Gasteiger charge is 2.12. The van der Waals surface area contributed by atoms with Crippen LogP contribution in [-0.4, -0.2) is 19.1 Å². The maximum atomic E-state index is 14.4. The van der Waals surface area contributed by atoms with Crippen LogP contribution in [0.25, 0.3) is 0 Å². The van der Waals surface area contributed by atoms with E-state index in [4.69, 9.17) is 5.73 Å². The Morgan fingerprint density at radius 1 is 1.10 bits per heavy atom. The smallest absolute Gasteiger partial charge is 0.146 e. The maximum Gasteiger partial charge on any atom is 0.146 e. The van der Waals surface area contributed by atoms with E-state index in [1.165, 1.54) is 0 Å². The zero-order valence-electron chi connectivity index (χ0n) is 13.9. The first-order chi connectivity index (χ1) is 10.1. The molecule has 0 saturated heterocycles. The summed E-state index contributed by atoms with van der Waals surface area (Å²) in [6.07, 6.45) is 6.14. The van der Waals surface area contributed by atoms with Gasteiger partial charge in [0.05, 0.1) is 5.69 Å². The van der Waals surface area contributed by atoms with Gasteiger partial charge in [0.1, 0.15) is 5.82 Å². The fraction of sp³-hybridized carbons (Fsp3) is 0.667. The molecule has 120 valence electrons. The molecule has 0 aliphatic rings. The number of nitrogens with two attached hydrogens (primary N) is 1. The Balaban J connectivity index is 2.82. The number of benzene rings is 1. The van der Waals surface area contributed by atoms with Crippen LogP contribution in [0.5, 0.6) is 0 Å². The second-order valence-electron chi connectivity index (χ2n) is 5.85. The zero-order chi connectivity index (χ0) is 15.7. The van der Waals surface area contributed by atoms with Gasteiger partial charge in [-0.15, -0.1) is 0 Å². The van der Waals surface area contributed by atoms with Crippen molar-refractivity contribution < 1.29 is 4.39 Å². The van der Waals surface area contributed by atoms with Crippen LogP contribution >= 0.6 is 0 Å². The van der Waals surface area contributed by atoms with Gasteiger partial charge in [0.15, 0.2) is 0 Å². The molecule has 21 heavy (non-hydrogen) atoms. The highest BCUT2D eigenvalue weighted by molar-refractivity contribution is 5.49. The fourth-order valence-corrected chi connectivity index (χ4v) is 2.43. The minimum Gasteiger partial charge on any atom is -0.369 e. The van der Waals surface area contributed by atoms with Crippen LogP contribution < -0.4 is 10.6 Å². The number of rotatable bonds is 10. The molecule has 1 aromatic carbocycles. The number of halogens is 1. The normalized spacial score (nSPS) is 12.4. The van der Waals surface area contributed by atoms with Crippen molar-refractivity contribution in [2.75, 3.05) is 18.0 Å². The number of hydrogen-bond acceptors (Lipinski definition) is 2. The zero-order valence-corrected chi connectivity index (χ0v) is 13.9. The van der Waals surface area contributed by atoms with Crippen LogP contribution in [0.4, 0.5) is 10.1 Å². The van der Waals surface area contributed by atoms with Crippen LogP contribution in [0.1, 0.15) is 58.4 Å².